The Morgan fingerprint density at radius 2 is 2.23 bits per heavy atom. The highest BCUT2D eigenvalue weighted by Crippen LogP contribution is 2.33. The second-order valence-electron chi connectivity index (χ2n) is 6.27. The number of benzene rings is 1. The number of carbonyl (C=O) groups excluding carboxylic acids is 1. The molecule has 3 atom stereocenters. The normalized spacial score (nSPS) is 28.9. The minimum atomic E-state index is -0.325. The Kier molecular flexibility index (Phi) is 4.71. The van der Waals surface area contributed by atoms with E-state index in [2.05, 4.69) is 0 Å². The van der Waals surface area contributed by atoms with Gasteiger partial charge < -0.3 is 14.7 Å². The molecule has 1 aliphatic carbocycles. The molecule has 0 aromatic heterocycles. The maximum absolute atomic E-state index is 12.9. The molecule has 1 aromatic rings. The lowest BCUT2D eigenvalue weighted by atomic mass is 9.93. The summed E-state index contributed by atoms with van der Waals surface area (Å²) in [5, 5.41) is 10.8. The van der Waals surface area contributed by atoms with Crippen molar-refractivity contribution in [1.82, 2.24) is 4.90 Å². The summed E-state index contributed by atoms with van der Waals surface area (Å²) in [5.41, 5.74) is 1.56. The molecule has 1 aliphatic heterocycles. The lowest BCUT2D eigenvalue weighted by Crippen LogP contribution is -2.53. The summed E-state index contributed by atoms with van der Waals surface area (Å²) in [7, 11) is 0. The number of aryl methyl sites for hydroxylation is 1. The zero-order valence-corrected chi connectivity index (χ0v) is 13.6. The van der Waals surface area contributed by atoms with Gasteiger partial charge in [-0.2, -0.15) is 0 Å². The number of rotatable bonds is 2. The van der Waals surface area contributed by atoms with E-state index in [1.54, 1.807) is 12.1 Å². The van der Waals surface area contributed by atoms with Crippen LogP contribution in [-0.4, -0.2) is 47.8 Å². The number of halogens is 1. The first kappa shape index (κ1) is 15.8. The van der Waals surface area contributed by atoms with Gasteiger partial charge in [0.15, 0.2) is 0 Å². The number of hydrogen-bond donors (Lipinski definition) is 1. The summed E-state index contributed by atoms with van der Waals surface area (Å²) in [6.07, 6.45) is 2.47. The molecule has 5 heteroatoms. The molecule has 3 rings (SSSR count). The van der Waals surface area contributed by atoms with Crippen molar-refractivity contribution in [3.05, 3.63) is 34.3 Å². The first-order valence-electron chi connectivity index (χ1n) is 7.91. The van der Waals surface area contributed by atoms with Gasteiger partial charge in [0.1, 0.15) is 0 Å². The average molecular weight is 324 g/mol. The number of ether oxygens (including phenoxy) is 1. The summed E-state index contributed by atoms with van der Waals surface area (Å²) in [5.74, 6) is 0.129. The Labute approximate surface area is 136 Å². The summed E-state index contributed by atoms with van der Waals surface area (Å²) >= 11 is 6.04. The molecule has 1 saturated carbocycles. The maximum Gasteiger partial charge on any atom is 0.254 e. The monoisotopic (exact) mass is 323 g/mol. The zero-order chi connectivity index (χ0) is 15.7. The predicted octanol–water partition coefficient (Wildman–Crippen LogP) is 2.65. The fourth-order valence-corrected chi connectivity index (χ4v) is 3.71. The molecule has 1 heterocycles. The van der Waals surface area contributed by atoms with Crippen LogP contribution in [0.5, 0.6) is 0 Å². The van der Waals surface area contributed by atoms with Gasteiger partial charge in [0.25, 0.3) is 5.91 Å². The van der Waals surface area contributed by atoms with Gasteiger partial charge >= 0.3 is 0 Å². The van der Waals surface area contributed by atoms with Crippen molar-refractivity contribution >= 4 is 17.5 Å². The third kappa shape index (κ3) is 3.00. The number of nitrogens with zero attached hydrogens (tertiary/aromatic N) is 1. The van der Waals surface area contributed by atoms with E-state index in [-0.39, 0.29) is 24.0 Å². The van der Waals surface area contributed by atoms with E-state index in [1.165, 1.54) is 0 Å². The van der Waals surface area contributed by atoms with Crippen LogP contribution in [0.4, 0.5) is 0 Å². The number of carbonyl (C=O) groups is 1. The van der Waals surface area contributed by atoms with E-state index in [0.29, 0.717) is 30.3 Å². The third-order valence-corrected chi connectivity index (χ3v) is 5.28. The van der Waals surface area contributed by atoms with E-state index in [4.69, 9.17) is 16.3 Å². The topological polar surface area (TPSA) is 49.8 Å². The van der Waals surface area contributed by atoms with Crippen molar-refractivity contribution < 1.29 is 14.6 Å². The Balaban J connectivity index is 1.83. The van der Waals surface area contributed by atoms with Gasteiger partial charge in [-0.1, -0.05) is 18.0 Å². The van der Waals surface area contributed by atoms with Crippen molar-refractivity contribution in [3.8, 4) is 0 Å². The van der Waals surface area contributed by atoms with E-state index in [0.717, 1.165) is 24.8 Å². The largest absolute Gasteiger partial charge is 0.393 e. The molecular formula is C17H22ClNO3. The molecule has 4 nitrogen and oxygen atoms in total. The lowest BCUT2D eigenvalue weighted by molar-refractivity contribution is -0.0383. The lowest BCUT2D eigenvalue weighted by Gasteiger charge is -2.40. The molecule has 1 N–H and O–H groups in total. The quantitative estimate of drug-likeness (QED) is 0.910. The van der Waals surface area contributed by atoms with Gasteiger partial charge in [0.2, 0.25) is 0 Å². The highest BCUT2D eigenvalue weighted by Gasteiger charge is 2.39. The summed E-state index contributed by atoms with van der Waals surface area (Å²) in [6, 6.07) is 5.34. The standard InChI is InChI=1S/C17H22ClNO3/c1-11-9-12(5-6-14(11)18)17(21)19-7-8-22-10-15(19)13-3-2-4-16(13)20/h5-6,9,13,15-16,20H,2-4,7-8,10H2,1H3/t13-,15+,16+/m0/s1. The first-order valence-corrected chi connectivity index (χ1v) is 8.28. The predicted molar refractivity (Wildman–Crippen MR) is 85.2 cm³/mol. The Bertz CT molecular complexity index is 563. The molecule has 2 aliphatic rings. The number of aliphatic hydroxyl groups excluding tert-OH is 1. The van der Waals surface area contributed by atoms with Crippen LogP contribution in [-0.2, 0) is 4.74 Å². The number of hydrogen-bond acceptors (Lipinski definition) is 3. The van der Waals surface area contributed by atoms with Crippen LogP contribution in [0, 0.1) is 12.8 Å². The van der Waals surface area contributed by atoms with Crippen LogP contribution in [0.3, 0.4) is 0 Å². The van der Waals surface area contributed by atoms with Crippen molar-refractivity contribution in [2.24, 2.45) is 5.92 Å². The molecule has 1 aromatic carbocycles. The molecule has 1 amide bonds. The van der Waals surface area contributed by atoms with E-state index < -0.39 is 0 Å². The average Bonchev–Trinajstić information content (AvgIpc) is 2.95. The van der Waals surface area contributed by atoms with Crippen LogP contribution in [0.25, 0.3) is 0 Å². The van der Waals surface area contributed by atoms with Gasteiger partial charge in [-0.25, -0.2) is 0 Å². The van der Waals surface area contributed by atoms with E-state index in [1.807, 2.05) is 17.9 Å². The highest BCUT2D eigenvalue weighted by molar-refractivity contribution is 6.31. The van der Waals surface area contributed by atoms with Crippen LogP contribution < -0.4 is 0 Å². The first-order chi connectivity index (χ1) is 10.6. The van der Waals surface area contributed by atoms with Crippen LogP contribution in [0.1, 0.15) is 35.2 Å². The Morgan fingerprint density at radius 1 is 1.41 bits per heavy atom. The molecule has 1 saturated heterocycles. The number of morpholine rings is 1. The van der Waals surface area contributed by atoms with Gasteiger partial charge in [-0.05, 0) is 43.5 Å². The number of amides is 1. The molecule has 0 bridgehead atoms. The second-order valence-corrected chi connectivity index (χ2v) is 6.67. The smallest absolute Gasteiger partial charge is 0.254 e. The molecular weight excluding hydrogens is 302 g/mol. The molecule has 2 fully saturated rings. The third-order valence-electron chi connectivity index (χ3n) is 4.86. The number of aliphatic hydroxyl groups is 1. The molecule has 0 spiro atoms. The van der Waals surface area contributed by atoms with Gasteiger partial charge in [-0.15, -0.1) is 0 Å². The SMILES string of the molecule is Cc1cc(C(=O)N2CCOC[C@@H]2[C@@H]2CCC[C@H]2O)ccc1Cl. The van der Waals surface area contributed by atoms with Crippen molar-refractivity contribution in [2.45, 2.75) is 38.3 Å². The summed E-state index contributed by atoms with van der Waals surface area (Å²) in [6.45, 7) is 3.54. The van der Waals surface area contributed by atoms with Crippen LogP contribution in [0.15, 0.2) is 18.2 Å². The fraction of sp³-hybridized carbons (Fsp3) is 0.588. The van der Waals surface area contributed by atoms with Gasteiger partial charge in [0.05, 0.1) is 25.4 Å². The molecule has 0 unspecified atom stereocenters. The fourth-order valence-electron chi connectivity index (χ4n) is 3.59. The summed E-state index contributed by atoms with van der Waals surface area (Å²) < 4.78 is 5.58. The Morgan fingerprint density at radius 3 is 2.91 bits per heavy atom. The van der Waals surface area contributed by atoms with Crippen LogP contribution in [0.2, 0.25) is 5.02 Å². The highest BCUT2D eigenvalue weighted by atomic mass is 35.5. The van der Waals surface area contributed by atoms with Gasteiger partial charge in [0, 0.05) is 23.0 Å². The molecule has 22 heavy (non-hydrogen) atoms. The Hall–Kier alpha value is -1.10. The van der Waals surface area contributed by atoms with E-state index in [9.17, 15) is 9.90 Å². The van der Waals surface area contributed by atoms with Crippen LogP contribution >= 0.6 is 11.6 Å². The minimum absolute atomic E-state index is 0.00664. The summed E-state index contributed by atoms with van der Waals surface area (Å²) in [4.78, 5) is 14.8. The van der Waals surface area contributed by atoms with Crippen molar-refractivity contribution in [3.63, 3.8) is 0 Å². The molecule has 0 radical (unpaired) electrons. The van der Waals surface area contributed by atoms with Gasteiger partial charge in [-0.3, -0.25) is 4.79 Å². The minimum Gasteiger partial charge on any atom is -0.393 e. The van der Waals surface area contributed by atoms with E-state index >= 15 is 0 Å². The second kappa shape index (κ2) is 6.57. The van der Waals surface area contributed by atoms with Crippen molar-refractivity contribution in [2.75, 3.05) is 19.8 Å². The molecule has 120 valence electrons. The van der Waals surface area contributed by atoms with Crippen molar-refractivity contribution in [1.29, 1.82) is 0 Å². The maximum atomic E-state index is 12.9. The zero-order valence-electron chi connectivity index (χ0n) is 12.8.